The molecule has 0 aromatic heterocycles. The average molecular weight is 1380 g/mol. The molecule has 0 aromatic rings. The molecule has 94 heavy (non-hydrogen) atoms. The Hall–Kier alpha value is -1.94. The number of hydrogen-bond acceptors (Lipinski definition) is 15. The van der Waals surface area contributed by atoms with Crippen molar-refractivity contribution in [1.82, 2.24) is 0 Å². The van der Waals surface area contributed by atoms with E-state index in [2.05, 4.69) is 27.7 Å². The van der Waals surface area contributed by atoms with Crippen molar-refractivity contribution in [2.75, 3.05) is 39.6 Å². The predicted molar refractivity (Wildman–Crippen MR) is 382 cm³/mol. The second kappa shape index (κ2) is 69.5. The van der Waals surface area contributed by atoms with Crippen molar-refractivity contribution in [2.24, 2.45) is 0 Å². The molecule has 0 radical (unpaired) electrons. The highest BCUT2D eigenvalue weighted by molar-refractivity contribution is 7.47. The van der Waals surface area contributed by atoms with Crippen molar-refractivity contribution in [3.05, 3.63) is 0 Å². The maximum absolute atomic E-state index is 13.1. The van der Waals surface area contributed by atoms with Gasteiger partial charge in [0, 0.05) is 25.7 Å². The van der Waals surface area contributed by atoms with Crippen molar-refractivity contribution in [1.29, 1.82) is 0 Å². The Morgan fingerprint density at radius 2 is 0.426 bits per heavy atom. The summed E-state index contributed by atoms with van der Waals surface area (Å²) in [6.07, 6.45) is 60.1. The number of hydrogen-bond donors (Lipinski definition) is 3. The van der Waals surface area contributed by atoms with Crippen molar-refractivity contribution in [3.8, 4) is 0 Å². The maximum atomic E-state index is 13.1. The fourth-order valence-electron chi connectivity index (χ4n) is 11.6. The van der Waals surface area contributed by atoms with Gasteiger partial charge in [0.15, 0.2) is 12.2 Å². The average Bonchev–Trinajstić information content (AvgIpc) is 1.31. The topological polar surface area (TPSA) is 237 Å². The molecule has 0 amide bonds. The molecule has 5 atom stereocenters. The number of aliphatic hydroxyl groups excluding tert-OH is 1. The van der Waals surface area contributed by atoms with Gasteiger partial charge in [-0.1, -0.05) is 349 Å². The third-order valence-electron chi connectivity index (χ3n) is 17.6. The van der Waals surface area contributed by atoms with Gasteiger partial charge in [-0.2, -0.15) is 0 Å². The first-order chi connectivity index (χ1) is 45.7. The maximum Gasteiger partial charge on any atom is 0.472 e. The van der Waals surface area contributed by atoms with Crippen LogP contribution < -0.4 is 0 Å². The quantitative estimate of drug-likeness (QED) is 0.0222. The van der Waals surface area contributed by atoms with Crippen LogP contribution in [-0.4, -0.2) is 96.7 Å². The van der Waals surface area contributed by atoms with E-state index < -0.39 is 97.5 Å². The second-order valence-corrected chi connectivity index (χ2v) is 29.9. The minimum absolute atomic E-state index is 0.107. The molecule has 558 valence electrons. The predicted octanol–water partition coefficient (Wildman–Crippen LogP) is 22.2. The number of aliphatic hydroxyl groups is 1. The zero-order chi connectivity index (χ0) is 69.0. The molecule has 0 aliphatic carbocycles. The summed E-state index contributed by atoms with van der Waals surface area (Å²) in [6.45, 7) is 4.90. The zero-order valence-electron chi connectivity index (χ0n) is 60.9. The summed E-state index contributed by atoms with van der Waals surface area (Å²) in [5.74, 6) is -2.12. The lowest BCUT2D eigenvalue weighted by molar-refractivity contribution is -0.161. The van der Waals surface area contributed by atoms with Crippen LogP contribution in [0, 0.1) is 0 Å². The molecule has 0 aromatic carbocycles. The van der Waals surface area contributed by atoms with E-state index in [-0.39, 0.29) is 25.7 Å². The van der Waals surface area contributed by atoms with Crippen LogP contribution >= 0.6 is 15.6 Å². The van der Waals surface area contributed by atoms with E-state index >= 15 is 0 Å². The van der Waals surface area contributed by atoms with Crippen LogP contribution in [0.2, 0.25) is 0 Å². The zero-order valence-corrected chi connectivity index (χ0v) is 62.7. The molecule has 2 unspecified atom stereocenters. The van der Waals surface area contributed by atoms with E-state index in [1.165, 1.54) is 225 Å². The van der Waals surface area contributed by atoms with Gasteiger partial charge in [-0.15, -0.1) is 0 Å². The molecular weight excluding hydrogens is 1230 g/mol. The van der Waals surface area contributed by atoms with Gasteiger partial charge in [-0.05, 0) is 25.7 Å². The molecule has 0 bridgehead atoms. The smallest absolute Gasteiger partial charge is 0.462 e. The number of phosphoric acid groups is 2. The van der Waals surface area contributed by atoms with E-state index in [0.717, 1.165) is 96.3 Å². The summed E-state index contributed by atoms with van der Waals surface area (Å²) in [6, 6.07) is 0. The Morgan fingerprint density at radius 3 is 0.628 bits per heavy atom. The summed E-state index contributed by atoms with van der Waals surface area (Å²) in [5, 5.41) is 10.6. The van der Waals surface area contributed by atoms with Gasteiger partial charge in [-0.25, -0.2) is 9.13 Å². The Balaban J connectivity index is 5.13. The molecule has 0 aliphatic heterocycles. The van der Waals surface area contributed by atoms with E-state index in [1.807, 2.05) is 0 Å². The summed E-state index contributed by atoms with van der Waals surface area (Å²) >= 11 is 0. The van der Waals surface area contributed by atoms with Crippen molar-refractivity contribution >= 4 is 39.5 Å². The van der Waals surface area contributed by atoms with Crippen molar-refractivity contribution < 1.29 is 80.2 Å². The number of carbonyl (C=O) groups excluding carboxylic acids is 4. The standard InChI is InChI=1S/C75H146O17P2/c1-5-9-13-17-20-23-26-29-31-33-35-37-40-42-45-48-52-56-60-73(78)86-66-71(92-75(80)62-58-54-50-47-44-41-38-36-34-32-30-27-24-21-18-14-10-6-2)68-90-94(83,84)88-64-69(76)63-87-93(81,82)89-67-70(65-85-72(77)59-55-51-16-12-8-4)91-74(79)61-57-53-49-46-43-39-28-25-22-19-15-11-7-3/h69-71,76H,5-68H2,1-4H3,(H,81,82)(H,83,84)/t69-,70+,71+/m0/s1. The Labute approximate surface area is 575 Å². The number of unbranched alkanes of at least 4 members (excludes halogenated alkanes) is 50. The molecule has 0 fully saturated rings. The molecular formula is C75H146O17P2. The molecule has 0 saturated heterocycles. The van der Waals surface area contributed by atoms with E-state index in [0.29, 0.717) is 25.7 Å². The Morgan fingerprint density at radius 1 is 0.255 bits per heavy atom. The lowest BCUT2D eigenvalue weighted by atomic mass is 10.0. The van der Waals surface area contributed by atoms with Gasteiger partial charge < -0.3 is 33.8 Å². The van der Waals surface area contributed by atoms with E-state index in [4.69, 9.17) is 37.0 Å². The summed E-state index contributed by atoms with van der Waals surface area (Å²) in [5.41, 5.74) is 0. The Bertz CT molecular complexity index is 1790. The van der Waals surface area contributed by atoms with Gasteiger partial charge in [0.25, 0.3) is 0 Å². The number of ether oxygens (including phenoxy) is 4. The molecule has 3 N–H and O–H groups in total. The van der Waals surface area contributed by atoms with Crippen LogP contribution in [0.25, 0.3) is 0 Å². The SMILES string of the molecule is CCCCCCCCCCCCCCCCCCCCC(=O)OC[C@H](COP(=O)(O)OC[C@@H](O)COP(=O)(O)OC[C@@H](COC(=O)CCCCCCC)OC(=O)CCCCCCCCCCCCCCC)OC(=O)CCCCCCCCCCCCCCCCCCCC. The summed E-state index contributed by atoms with van der Waals surface area (Å²) in [4.78, 5) is 72.5. The molecule has 0 spiro atoms. The van der Waals surface area contributed by atoms with E-state index in [9.17, 15) is 43.2 Å². The first kappa shape index (κ1) is 92.1. The van der Waals surface area contributed by atoms with Crippen molar-refractivity contribution in [2.45, 2.75) is 418 Å². The van der Waals surface area contributed by atoms with Crippen LogP contribution in [0.4, 0.5) is 0 Å². The molecule has 0 saturated carbocycles. The molecule has 19 heteroatoms. The normalized spacial score (nSPS) is 13.9. The third kappa shape index (κ3) is 68.6. The van der Waals surface area contributed by atoms with Crippen LogP contribution in [0.5, 0.6) is 0 Å². The van der Waals surface area contributed by atoms with Gasteiger partial charge >= 0.3 is 39.5 Å². The van der Waals surface area contributed by atoms with E-state index in [1.54, 1.807) is 0 Å². The van der Waals surface area contributed by atoms with Gasteiger partial charge in [0.1, 0.15) is 19.3 Å². The van der Waals surface area contributed by atoms with Gasteiger partial charge in [-0.3, -0.25) is 37.3 Å². The monoisotopic (exact) mass is 1380 g/mol. The highest BCUT2D eigenvalue weighted by Crippen LogP contribution is 2.45. The van der Waals surface area contributed by atoms with Crippen molar-refractivity contribution in [3.63, 3.8) is 0 Å². The van der Waals surface area contributed by atoms with Crippen LogP contribution in [0.3, 0.4) is 0 Å². The lowest BCUT2D eigenvalue weighted by Gasteiger charge is -2.21. The Kier molecular flexibility index (Phi) is 68.1. The molecule has 0 heterocycles. The highest BCUT2D eigenvalue weighted by Gasteiger charge is 2.30. The fraction of sp³-hybridized carbons (Fsp3) is 0.947. The first-order valence-electron chi connectivity index (χ1n) is 39.3. The molecule has 0 aliphatic rings. The number of carbonyl (C=O) groups is 4. The molecule has 17 nitrogen and oxygen atoms in total. The van der Waals surface area contributed by atoms with Crippen LogP contribution in [0.15, 0.2) is 0 Å². The minimum Gasteiger partial charge on any atom is -0.462 e. The highest BCUT2D eigenvalue weighted by atomic mass is 31.2. The lowest BCUT2D eigenvalue weighted by Crippen LogP contribution is -2.30. The first-order valence-corrected chi connectivity index (χ1v) is 42.3. The number of rotatable bonds is 76. The number of phosphoric ester groups is 2. The largest absolute Gasteiger partial charge is 0.472 e. The van der Waals surface area contributed by atoms with Crippen LogP contribution in [-0.2, 0) is 65.4 Å². The minimum atomic E-state index is -4.95. The third-order valence-corrected chi connectivity index (χ3v) is 19.5. The number of esters is 4. The van der Waals surface area contributed by atoms with Gasteiger partial charge in [0.05, 0.1) is 26.4 Å². The van der Waals surface area contributed by atoms with Gasteiger partial charge in [0.2, 0.25) is 0 Å². The fourth-order valence-corrected chi connectivity index (χ4v) is 13.2. The van der Waals surface area contributed by atoms with Crippen LogP contribution in [0.1, 0.15) is 400 Å². The summed E-state index contributed by atoms with van der Waals surface area (Å²) in [7, 11) is -9.90. The molecule has 0 rings (SSSR count). The summed E-state index contributed by atoms with van der Waals surface area (Å²) < 4.78 is 68.3. The second-order valence-electron chi connectivity index (χ2n) is 27.0.